The fourth-order valence-corrected chi connectivity index (χ4v) is 4.99. The zero-order valence-electron chi connectivity index (χ0n) is 17.6. The van der Waals surface area contributed by atoms with Crippen LogP contribution < -0.4 is 10.6 Å². The maximum absolute atomic E-state index is 15.3. The van der Waals surface area contributed by atoms with Crippen molar-refractivity contribution < 1.29 is 4.39 Å². The number of nitrogens with zero attached hydrogens (tertiary/aromatic N) is 6. The van der Waals surface area contributed by atoms with Gasteiger partial charge in [0.2, 0.25) is 0 Å². The number of hydrogen-bond donors (Lipinski definition) is 1. The van der Waals surface area contributed by atoms with E-state index in [0.717, 1.165) is 27.0 Å². The Balaban J connectivity index is 1.50. The fraction of sp³-hybridized carbons (Fsp3) is 0.174. The molecule has 0 saturated heterocycles. The minimum atomic E-state index is -0.404. The molecule has 0 spiro atoms. The van der Waals surface area contributed by atoms with Crippen molar-refractivity contribution in [3.63, 3.8) is 0 Å². The van der Waals surface area contributed by atoms with E-state index in [-0.39, 0.29) is 5.92 Å². The summed E-state index contributed by atoms with van der Waals surface area (Å²) in [5, 5.41) is 12.8. The van der Waals surface area contributed by atoms with Crippen molar-refractivity contribution >= 4 is 33.9 Å². The number of nitrogens with two attached hydrogens (primary N) is 1. The normalized spacial score (nSPS) is 15.1. The first-order valence-corrected chi connectivity index (χ1v) is 11.5. The first-order chi connectivity index (χ1) is 15.6. The standard InChI is InChI=1S/C23H23AsFN7/c1-30-22(7-9-27-30)31-10-8-16(11-19(31)24)17-12-20(25)32-21(13-17)28-29-23(32)18(14-26)15-5-3-2-4-6-15/h2-9,11-13,18H,10,14,24,26H2,1H3. The molecule has 0 saturated carbocycles. The Bertz CT molecular complexity index is 1340. The molecule has 7 nitrogen and oxygen atoms in total. The molecular weight excluding hydrogens is 468 g/mol. The van der Waals surface area contributed by atoms with Crippen LogP contribution in [0.25, 0.3) is 11.2 Å². The third kappa shape index (κ3) is 3.55. The van der Waals surface area contributed by atoms with Crippen molar-refractivity contribution in [2.75, 3.05) is 18.0 Å². The molecule has 2 atom stereocenters. The molecule has 4 heterocycles. The molecule has 1 aromatic carbocycles. The predicted octanol–water partition coefficient (Wildman–Crippen LogP) is 2.07. The summed E-state index contributed by atoms with van der Waals surface area (Å²) in [7, 11) is 1.92. The molecule has 1 aliphatic rings. The van der Waals surface area contributed by atoms with E-state index in [1.165, 1.54) is 21.3 Å². The van der Waals surface area contributed by atoms with Crippen LogP contribution in [0.5, 0.6) is 0 Å². The van der Waals surface area contributed by atoms with E-state index in [4.69, 9.17) is 5.73 Å². The average Bonchev–Trinajstić information content (AvgIpc) is 3.42. The molecular formula is C23H23AsFN7. The summed E-state index contributed by atoms with van der Waals surface area (Å²) in [5.74, 6) is 0.886. The quantitative estimate of drug-likeness (QED) is 0.342. The van der Waals surface area contributed by atoms with Crippen LogP contribution >= 0.6 is 0 Å². The number of anilines is 1. The SMILES string of the molecule is Cn1nccc1N1CC=C(c2cc(F)n3c(C(CN)c4ccccc4)nnc3c2)C=C1[AsH2]. The molecule has 0 radical (unpaired) electrons. The van der Waals surface area contributed by atoms with Crippen LogP contribution in [0.4, 0.5) is 10.2 Å². The Labute approximate surface area is 193 Å². The summed E-state index contributed by atoms with van der Waals surface area (Å²) >= 11 is 1.50. The number of halogens is 1. The van der Waals surface area contributed by atoms with E-state index < -0.39 is 5.95 Å². The first-order valence-electron chi connectivity index (χ1n) is 10.3. The number of hydrogen-bond acceptors (Lipinski definition) is 5. The molecule has 0 aliphatic carbocycles. The average molecular weight is 491 g/mol. The van der Waals surface area contributed by atoms with Crippen molar-refractivity contribution in [1.29, 1.82) is 0 Å². The van der Waals surface area contributed by atoms with Gasteiger partial charge in [-0.2, -0.15) is 0 Å². The first kappa shape index (κ1) is 20.7. The molecule has 1 aliphatic heterocycles. The van der Waals surface area contributed by atoms with Gasteiger partial charge < -0.3 is 0 Å². The molecule has 162 valence electrons. The van der Waals surface area contributed by atoms with Crippen LogP contribution in [-0.4, -0.2) is 54.3 Å². The number of aryl methyl sites for hydroxylation is 1. The third-order valence-corrected chi connectivity index (χ3v) is 6.75. The van der Waals surface area contributed by atoms with Gasteiger partial charge in [0.1, 0.15) is 0 Å². The summed E-state index contributed by atoms with van der Waals surface area (Å²) in [5.41, 5.74) is 9.23. The van der Waals surface area contributed by atoms with Crippen LogP contribution in [0, 0.1) is 5.95 Å². The molecule has 9 heteroatoms. The van der Waals surface area contributed by atoms with Crippen molar-refractivity contribution in [2.24, 2.45) is 12.8 Å². The zero-order valence-corrected chi connectivity index (χ0v) is 20.0. The fourth-order valence-electron chi connectivity index (χ4n) is 4.11. The topological polar surface area (TPSA) is 77.3 Å². The van der Waals surface area contributed by atoms with Crippen LogP contribution in [0.2, 0.25) is 0 Å². The van der Waals surface area contributed by atoms with Crippen molar-refractivity contribution in [2.45, 2.75) is 5.92 Å². The number of pyridine rings is 1. The van der Waals surface area contributed by atoms with Gasteiger partial charge in [-0.05, 0) is 0 Å². The second kappa shape index (κ2) is 8.37. The van der Waals surface area contributed by atoms with Crippen molar-refractivity contribution in [1.82, 2.24) is 24.4 Å². The molecule has 2 N–H and O–H groups in total. The van der Waals surface area contributed by atoms with Crippen LogP contribution in [0.1, 0.15) is 22.9 Å². The Morgan fingerprint density at radius 2 is 1.97 bits per heavy atom. The Morgan fingerprint density at radius 1 is 1.16 bits per heavy atom. The van der Waals surface area contributed by atoms with E-state index in [9.17, 15) is 0 Å². The summed E-state index contributed by atoms with van der Waals surface area (Å²) in [4.78, 5) is 2.19. The van der Waals surface area contributed by atoms with Gasteiger partial charge in [0.05, 0.1) is 0 Å². The predicted molar refractivity (Wildman–Crippen MR) is 125 cm³/mol. The summed E-state index contributed by atoms with van der Waals surface area (Å²) < 4.78 is 19.8. The van der Waals surface area contributed by atoms with E-state index in [1.807, 2.05) is 54.2 Å². The Hall–Kier alpha value is -3.22. The molecule has 5 rings (SSSR count). The molecule has 4 aromatic rings. The Morgan fingerprint density at radius 3 is 2.66 bits per heavy atom. The summed E-state index contributed by atoms with van der Waals surface area (Å²) in [6, 6.07) is 15.2. The van der Waals surface area contributed by atoms with Gasteiger partial charge >= 0.3 is 188 Å². The van der Waals surface area contributed by atoms with Gasteiger partial charge in [0, 0.05) is 0 Å². The van der Waals surface area contributed by atoms with Crippen LogP contribution in [-0.2, 0) is 7.05 Å². The number of benzene rings is 1. The van der Waals surface area contributed by atoms with Gasteiger partial charge in [-0.25, -0.2) is 0 Å². The Kier molecular flexibility index (Phi) is 5.41. The minimum absolute atomic E-state index is 0.238. The monoisotopic (exact) mass is 491 g/mol. The van der Waals surface area contributed by atoms with Gasteiger partial charge in [0.15, 0.2) is 0 Å². The molecule has 0 bridgehead atoms. The van der Waals surface area contributed by atoms with Gasteiger partial charge in [-0.3, -0.25) is 0 Å². The van der Waals surface area contributed by atoms with Gasteiger partial charge in [0.25, 0.3) is 0 Å². The van der Waals surface area contributed by atoms with E-state index >= 15 is 4.39 Å². The second-order valence-corrected chi connectivity index (χ2v) is 8.91. The van der Waals surface area contributed by atoms with Crippen LogP contribution in [0.3, 0.4) is 0 Å². The molecule has 0 fully saturated rings. The van der Waals surface area contributed by atoms with Gasteiger partial charge in [-0.15, -0.1) is 0 Å². The number of fused-ring (bicyclic) bond motifs is 1. The summed E-state index contributed by atoms with van der Waals surface area (Å²) in [6.45, 7) is 0.998. The third-order valence-electron chi connectivity index (χ3n) is 5.75. The van der Waals surface area contributed by atoms with Gasteiger partial charge in [-0.1, -0.05) is 6.07 Å². The second-order valence-electron chi connectivity index (χ2n) is 7.67. The zero-order chi connectivity index (χ0) is 22.2. The molecule has 0 amide bonds. The maximum atomic E-state index is 15.3. The number of rotatable bonds is 5. The number of aromatic nitrogens is 5. The molecule has 2 unspecified atom stereocenters. The van der Waals surface area contributed by atoms with E-state index in [2.05, 4.69) is 32.3 Å². The van der Waals surface area contributed by atoms with E-state index in [1.54, 1.807) is 12.3 Å². The van der Waals surface area contributed by atoms with E-state index in [0.29, 0.717) is 24.6 Å². The molecule has 3 aromatic heterocycles. The number of allylic oxidation sites excluding steroid dienone is 2. The van der Waals surface area contributed by atoms with Crippen molar-refractivity contribution in [3.8, 4) is 0 Å². The summed E-state index contributed by atoms with van der Waals surface area (Å²) in [6.07, 6.45) is 5.95. The van der Waals surface area contributed by atoms with Crippen LogP contribution in [0.15, 0.2) is 71.4 Å². The molecule has 32 heavy (non-hydrogen) atoms. The van der Waals surface area contributed by atoms with Crippen molar-refractivity contribution in [3.05, 3.63) is 94.3 Å².